The number of halogens is 1. The molecule has 4 aromatic heterocycles. The number of aromatic nitrogens is 4. The van der Waals surface area contributed by atoms with Crippen LogP contribution in [0.25, 0.3) is 32.1 Å². The van der Waals surface area contributed by atoms with Crippen LogP contribution in [0.5, 0.6) is 0 Å². The lowest BCUT2D eigenvalue weighted by molar-refractivity contribution is 0.615. The van der Waals surface area contributed by atoms with Crippen LogP contribution in [-0.4, -0.2) is 39.5 Å². The number of aliphatic imine (C=N–C) groups is 2. The number of rotatable bonds is 3. The Balaban J connectivity index is 1.93. The number of pyridine rings is 1. The van der Waals surface area contributed by atoms with Crippen LogP contribution in [0.15, 0.2) is 51.5 Å². The van der Waals surface area contributed by atoms with Gasteiger partial charge in [0.15, 0.2) is 5.84 Å². The van der Waals surface area contributed by atoms with Crippen molar-refractivity contribution >= 4 is 46.5 Å². The smallest absolute Gasteiger partial charge is 0.172 e. The van der Waals surface area contributed by atoms with Crippen molar-refractivity contribution in [3.63, 3.8) is 0 Å². The number of amidine groups is 1. The summed E-state index contributed by atoms with van der Waals surface area (Å²) < 4.78 is 5.56. The van der Waals surface area contributed by atoms with Gasteiger partial charge in [0.2, 0.25) is 0 Å². The highest BCUT2D eigenvalue weighted by Gasteiger charge is 2.20. The van der Waals surface area contributed by atoms with E-state index < -0.39 is 0 Å². The second-order valence-corrected chi connectivity index (χ2v) is 6.52. The number of hydrogen-bond acceptors (Lipinski definition) is 7. The average Bonchev–Trinajstić information content (AvgIpc) is 3.29. The van der Waals surface area contributed by atoms with E-state index in [0.29, 0.717) is 33.0 Å². The lowest BCUT2D eigenvalue weighted by Gasteiger charge is -2.04. The maximum Gasteiger partial charge on any atom is 0.172 e. The van der Waals surface area contributed by atoms with E-state index >= 15 is 0 Å². The van der Waals surface area contributed by atoms with Gasteiger partial charge in [-0.05, 0) is 12.8 Å². The maximum atomic E-state index is 6.42. The minimum atomic E-state index is 0.350. The molecule has 0 spiro atoms. The van der Waals surface area contributed by atoms with Crippen LogP contribution < -0.4 is 0 Å². The van der Waals surface area contributed by atoms with E-state index in [4.69, 9.17) is 16.0 Å². The number of nitrogens with zero attached hydrogens (tertiary/aromatic N) is 6. The summed E-state index contributed by atoms with van der Waals surface area (Å²) in [6.07, 6.45) is 6.44. The number of hydrogen-bond donors (Lipinski definition) is 0. The average molecular weight is 383 g/mol. The van der Waals surface area contributed by atoms with Gasteiger partial charge in [-0.1, -0.05) is 11.6 Å². The normalized spacial score (nSPS) is 11.8. The molecule has 9 heteroatoms. The van der Waals surface area contributed by atoms with Crippen molar-refractivity contribution in [1.82, 2.24) is 19.9 Å². The van der Waals surface area contributed by atoms with Crippen molar-refractivity contribution in [2.45, 2.75) is 0 Å². The molecule has 4 heterocycles. The van der Waals surface area contributed by atoms with E-state index in [2.05, 4.69) is 36.6 Å². The van der Waals surface area contributed by atoms with Crippen LogP contribution in [-0.2, 0) is 0 Å². The molecule has 0 bridgehead atoms. The molecule has 0 aliphatic heterocycles. The summed E-state index contributed by atoms with van der Waals surface area (Å²) in [5.74, 6) is 0.418. The second kappa shape index (κ2) is 6.74. The highest BCUT2D eigenvalue weighted by Crippen LogP contribution is 2.40. The summed E-state index contributed by atoms with van der Waals surface area (Å²) in [5, 5.41) is 1.89. The molecule has 0 unspecified atom stereocenters. The van der Waals surface area contributed by atoms with Crippen LogP contribution in [0.1, 0.15) is 5.69 Å². The Bertz CT molecular complexity index is 1130. The van der Waals surface area contributed by atoms with Gasteiger partial charge in [0, 0.05) is 36.5 Å². The quantitative estimate of drug-likeness (QED) is 0.392. The third kappa shape index (κ3) is 2.79. The van der Waals surface area contributed by atoms with Crippen LogP contribution in [0.3, 0.4) is 0 Å². The highest BCUT2D eigenvalue weighted by atomic mass is 35.5. The molecule has 0 aromatic carbocycles. The molecule has 0 N–H and O–H groups in total. The molecule has 128 valence electrons. The van der Waals surface area contributed by atoms with Gasteiger partial charge >= 0.3 is 0 Å². The topological polar surface area (TPSA) is 89.4 Å². The van der Waals surface area contributed by atoms with Gasteiger partial charge in [0.25, 0.3) is 0 Å². The van der Waals surface area contributed by atoms with E-state index in [1.807, 2.05) is 6.07 Å². The first-order chi connectivity index (χ1) is 12.7. The van der Waals surface area contributed by atoms with Crippen molar-refractivity contribution in [2.75, 3.05) is 7.05 Å². The summed E-state index contributed by atoms with van der Waals surface area (Å²) >= 11 is 7.82. The van der Waals surface area contributed by atoms with Crippen LogP contribution in [0, 0.1) is 0 Å². The van der Waals surface area contributed by atoms with E-state index in [0.717, 1.165) is 15.8 Å². The van der Waals surface area contributed by atoms with Gasteiger partial charge < -0.3 is 4.42 Å². The van der Waals surface area contributed by atoms with E-state index in [9.17, 15) is 0 Å². The Labute approximate surface area is 157 Å². The van der Waals surface area contributed by atoms with Crippen LogP contribution in [0.2, 0.25) is 5.15 Å². The molecule has 0 radical (unpaired) electrons. The van der Waals surface area contributed by atoms with Crippen molar-refractivity contribution in [2.24, 2.45) is 9.98 Å². The molecular weight excluding hydrogens is 372 g/mol. The zero-order valence-corrected chi connectivity index (χ0v) is 15.1. The Morgan fingerprint density at radius 2 is 2.08 bits per heavy atom. The number of thiazole rings is 1. The summed E-state index contributed by atoms with van der Waals surface area (Å²) in [6.45, 7) is 3.54. The van der Waals surface area contributed by atoms with E-state index in [1.54, 1.807) is 31.8 Å². The molecule has 0 saturated carbocycles. The SMILES string of the molecule is C=NC(=NC)c1cc2occc2c(-c2sc(-c3cncnc3)nc2Cl)n1. The Kier molecular flexibility index (Phi) is 4.27. The highest BCUT2D eigenvalue weighted by molar-refractivity contribution is 7.19. The second-order valence-electron chi connectivity index (χ2n) is 5.16. The minimum Gasteiger partial charge on any atom is -0.464 e. The van der Waals surface area contributed by atoms with Crippen molar-refractivity contribution in [3.8, 4) is 21.1 Å². The van der Waals surface area contributed by atoms with Crippen molar-refractivity contribution < 1.29 is 4.42 Å². The Morgan fingerprint density at radius 1 is 1.27 bits per heavy atom. The lowest BCUT2D eigenvalue weighted by atomic mass is 10.2. The van der Waals surface area contributed by atoms with E-state index in [-0.39, 0.29) is 0 Å². The molecule has 4 rings (SSSR count). The molecule has 0 saturated heterocycles. The van der Waals surface area contributed by atoms with Crippen LogP contribution >= 0.6 is 22.9 Å². The standard InChI is InChI=1S/C17H11ClN6OS/c1-19-16(20-2)11-5-12-10(3-4-25-12)13(23-11)14-15(18)24-17(26-14)9-6-21-8-22-7-9/h3-8H,1H2,2H3. The summed E-state index contributed by atoms with van der Waals surface area (Å²) in [7, 11) is 1.63. The first kappa shape index (κ1) is 16.5. The van der Waals surface area contributed by atoms with Gasteiger partial charge in [-0.25, -0.2) is 24.9 Å². The predicted molar refractivity (Wildman–Crippen MR) is 103 cm³/mol. The molecule has 0 amide bonds. The van der Waals surface area contributed by atoms with Gasteiger partial charge in [-0.3, -0.25) is 4.99 Å². The zero-order valence-electron chi connectivity index (χ0n) is 13.5. The number of fused-ring (bicyclic) bond motifs is 1. The first-order valence-electron chi connectivity index (χ1n) is 7.45. The molecule has 0 aliphatic rings. The van der Waals surface area contributed by atoms with Gasteiger partial charge in [-0.2, -0.15) is 0 Å². The fraction of sp³-hybridized carbons (Fsp3) is 0.0588. The molecule has 26 heavy (non-hydrogen) atoms. The third-order valence-corrected chi connectivity index (χ3v) is 5.15. The monoisotopic (exact) mass is 382 g/mol. The fourth-order valence-electron chi connectivity index (χ4n) is 2.50. The zero-order chi connectivity index (χ0) is 18.1. The predicted octanol–water partition coefficient (Wildman–Crippen LogP) is 4.14. The summed E-state index contributed by atoms with van der Waals surface area (Å²) in [4.78, 5) is 25.9. The summed E-state index contributed by atoms with van der Waals surface area (Å²) in [6, 6.07) is 3.61. The maximum absolute atomic E-state index is 6.42. The summed E-state index contributed by atoms with van der Waals surface area (Å²) in [5.41, 5.74) is 2.65. The molecule has 4 aromatic rings. The Morgan fingerprint density at radius 3 is 2.81 bits per heavy atom. The molecular formula is C17H11ClN6OS. The molecule has 0 fully saturated rings. The fourth-order valence-corrected chi connectivity index (χ4v) is 3.78. The largest absolute Gasteiger partial charge is 0.464 e. The minimum absolute atomic E-state index is 0.350. The van der Waals surface area contributed by atoms with Crippen LogP contribution in [0.4, 0.5) is 0 Å². The third-order valence-electron chi connectivity index (χ3n) is 3.65. The van der Waals surface area contributed by atoms with E-state index in [1.165, 1.54) is 17.7 Å². The Hall–Kier alpha value is -2.97. The van der Waals surface area contributed by atoms with Gasteiger partial charge in [-0.15, -0.1) is 11.3 Å². The first-order valence-corrected chi connectivity index (χ1v) is 8.65. The lowest BCUT2D eigenvalue weighted by Crippen LogP contribution is -2.01. The molecule has 0 atom stereocenters. The van der Waals surface area contributed by atoms with Gasteiger partial charge in [0.1, 0.15) is 27.8 Å². The van der Waals surface area contributed by atoms with Crippen molar-refractivity contribution in [3.05, 3.63) is 48.0 Å². The van der Waals surface area contributed by atoms with Crippen molar-refractivity contribution in [1.29, 1.82) is 0 Å². The molecule has 0 aliphatic carbocycles. The molecule has 7 nitrogen and oxygen atoms in total. The van der Waals surface area contributed by atoms with Gasteiger partial charge in [0.05, 0.1) is 16.8 Å². The number of furan rings is 1.